The van der Waals surface area contributed by atoms with E-state index < -0.39 is 17.7 Å². The Morgan fingerprint density at radius 1 is 1.03 bits per heavy atom. The number of benzene rings is 2. The van der Waals surface area contributed by atoms with Crippen molar-refractivity contribution in [3.8, 4) is 11.5 Å². The van der Waals surface area contributed by atoms with Crippen LogP contribution in [0.15, 0.2) is 78.6 Å². The van der Waals surface area contributed by atoms with Crippen molar-refractivity contribution in [3.63, 3.8) is 0 Å². The first kappa shape index (κ1) is 22.1. The quantitative estimate of drug-likeness (QED) is 0.335. The number of aromatic nitrogens is 1. The van der Waals surface area contributed by atoms with Gasteiger partial charge in [-0.3, -0.25) is 14.6 Å². The summed E-state index contributed by atoms with van der Waals surface area (Å²) in [4.78, 5) is 31.7. The van der Waals surface area contributed by atoms with Gasteiger partial charge in [-0.2, -0.15) is 0 Å². The van der Waals surface area contributed by atoms with Crippen molar-refractivity contribution >= 4 is 17.4 Å². The second kappa shape index (κ2) is 9.56. The summed E-state index contributed by atoms with van der Waals surface area (Å²) in [5.74, 6) is -0.435. The Morgan fingerprint density at radius 3 is 2.42 bits per heavy atom. The molecule has 1 aliphatic heterocycles. The molecule has 1 atom stereocenters. The Labute approximate surface area is 191 Å². The molecule has 3 aromatic rings. The third kappa shape index (κ3) is 4.43. The van der Waals surface area contributed by atoms with Crippen LogP contribution in [0.1, 0.15) is 29.7 Å². The predicted molar refractivity (Wildman–Crippen MR) is 123 cm³/mol. The minimum Gasteiger partial charge on any atom is -0.507 e. The number of ketones is 1. The van der Waals surface area contributed by atoms with Crippen LogP contribution >= 0.6 is 0 Å². The molecule has 0 spiro atoms. The van der Waals surface area contributed by atoms with Gasteiger partial charge in [0.25, 0.3) is 11.7 Å². The highest BCUT2D eigenvalue weighted by molar-refractivity contribution is 6.46. The molecule has 1 amide bonds. The maximum atomic E-state index is 13.2. The number of hydrogen-bond acceptors (Lipinski definition) is 6. The number of ether oxygens (including phenoxy) is 2. The molecule has 0 bridgehead atoms. The summed E-state index contributed by atoms with van der Waals surface area (Å²) in [7, 11) is 1.57. The lowest BCUT2D eigenvalue weighted by atomic mass is 9.95. The Bertz CT molecular complexity index is 1190. The van der Waals surface area contributed by atoms with E-state index in [0.717, 1.165) is 5.56 Å². The van der Waals surface area contributed by atoms with Crippen molar-refractivity contribution in [2.75, 3.05) is 13.7 Å². The summed E-state index contributed by atoms with van der Waals surface area (Å²) in [6.45, 7) is 2.52. The number of carbonyl (C=O) groups excluding carboxylic acids is 2. The van der Waals surface area contributed by atoms with Crippen molar-refractivity contribution in [2.45, 2.75) is 19.5 Å². The molecule has 2 aromatic carbocycles. The molecule has 1 saturated heterocycles. The van der Waals surface area contributed by atoms with Crippen LogP contribution in [-0.4, -0.2) is 40.4 Å². The van der Waals surface area contributed by atoms with Gasteiger partial charge in [0, 0.05) is 24.5 Å². The molecule has 33 heavy (non-hydrogen) atoms. The second-order valence-electron chi connectivity index (χ2n) is 7.52. The number of amides is 1. The maximum absolute atomic E-state index is 13.2. The van der Waals surface area contributed by atoms with Crippen LogP contribution in [-0.2, 0) is 16.1 Å². The molecule has 0 radical (unpaired) electrons. The fourth-order valence-corrected chi connectivity index (χ4v) is 3.92. The van der Waals surface area contributed by atoms with Crippen molar-refractivity contribution in [2.24, 2.45) is 0 Å². The maximum Gasteiger partial charge on any atom is 0.295 e. The van der Waals surface area contributed by atoms with Gasteiger partial charge in [0.05, 0.1) is 25.3 Å². The minimum atomic E-state index is -0.764. The Kier molecular flexibility index (Phi) is 6.40. The molecule has 1 N–H and O–H groups in total. The fraction of sp³-hybridized carbons (Fsp3) is 0.192. The van der Waals surface area contributed by atoms with Gasteiger partial charge in [-0.05, 0) is 54.4 Å². The number of hydrogen-bond donors (Lipinski definition) is 1. The summed E-state index contributed by atoms with van der Waals surface area (Å²) in [5.41, 5.74) is 1.95. The van der Waals surface area contributed by atoms with Crippen LogP contribution in [0, 0.1) is 0 Å². The van der Waals surface area contributed by atoms with Crippen LogP contribution in [0.5, 0.6) is 11.5 Å². The zero-order chi connectivity index (χ0) is 23.4. The van der Waals surface area contributed by atoms with E-state index in [-0.39, 0.29) is 17.9 Å². The summed E-state index contributed by atoms with van der Waals surface area (Å²) in [5, 5.41) is 11.2. The number of carbonyl (C=O) groups is 2. The number of aliphatic hydroxyl groups is 1. The number of methoxy groups -OCH3 is 1. The first-order valence-electron chi connectivity index (χ1n) is 10.6. The Morgan fingerprint density at radius 2 is 1.76 bits per heavy atom. The summed E-state index contributed by atoms with van der Waals surface area (Å²) < 4.78 is 10.8. The summed E-state index contributed by atoms with van der Waals surface area (Å²) in [6, 6.07) is 16.7. The van der Waals surface area contributed by atoms with E-state index in [4.69, 9.17) is 9.47 Å². The van der Waals surface area contributed by atoms with Gasteiger partial charge in [-0.15, -0.1) is 0 Å². The lowest BCUT2D eigenvalue weighted by Gasteiger charge is -2.25. The van der Waals surface area contributed by atoms with Gasteiger partial charge in [0.2, 0.25) is 0 Å². The van der Waals surface area contributed by atoms with E-state index in [1.165, 1.54) is 4.90 Å². The highest BCUT2D eigenvalue weighted by Crippen LogP contribution is 2.41. The molecule has 1 unspecified atom stereocenters. The molecule has 0 saturated carbocycles. The molecule has 2 heterocycles. The van der Waals surface area contributed by atoms with E-state index in [0.29, 0.717) is 29.2 Å². The molecular formula is C26H24N2O5. The second-order valence-corrected chi connectivity index (χ2v) is 7.52. The highest BCUT2D eigenvalue weighted by Gasteiger charge is 2.46. The van der Waals surface area contributed by atoms with E-state index in [1.807, 2.05) is 6.92 Å². The number of Topliss-reactive ketones (excluding diaryl/α,β-unsaturated/α-hetero) is 1. The van der Waals surface area contributed by atoms with Gasteiger partial charge >= 0.3 is 0 Å². The largest absolute Gasteiger partial charge is 0.507 e. The van der Waals surface area contributed by atoms with Crippen molar-refractivity contribution in [1.82, 2.24) is 9.88 Å². The highest BCUT2D eigenvalue weighted by atomic mass is 16.5. The van der Waals surface area contributed by atoms with Gasteiger partial charge in [-0.1, -0.05) is 24.3 Å². The number of pyridine rings is 1. The van der Waals surface area contributed by atoms with Gasteiger partial charge in [0.1, 0.15) is 17.3 Å². The SMILES string of the molecule is CCOc1cccc(/C(O)=C2/C(=O)C(=O)N(Cc3ccncc3)C2c2ccc(OC)cc2)c1. The third-order valence-electron chi connectivity index (χ3n) is 5.49. The van der Waals surface area contributed by atoms with Crippen LogP contribution in [0.2, 0.25) is 0 Å². The molecule has 7 nitrogen and oxygen atoms in total. The van der Waals surface area contributed by atoms with Crippen LogP contribution in [0.25, 0.3) is 5.76 Å². The normalized spacial score (nSPS) is 17.3. The topological polar surface area (TPSA) is 89.0 Å². The molecule has 0 aliphatic carbocycles. The smallest absolute Gasteiger partial charge is 0.295 e. The van der Waals surface area contributed by atoms with E-state index in [9.17, 15) is 14.7 Å². The Balaban J connectivity index is 1.84. The van der Waals surface area contributed by atoms with Crippen molar-refractivity contribution in [3.05, 3.63) is 95.3 Å². The lowest BCUT2D eigenvalue weighted by Crippen LogP contribution is -2.29. The third-order valence-corrected chi connectivity index (χ3v) is 5.49. The van der Waals surface area contributed by atoms with E-state index in [1.54, 1.807) is 80.2 Å². The van der Waals surface area contributed by atoms with Gasteiger partial charge in [-0.25, -0.2) is 0 Å². The average Bonchev–Trinajstić information content (AvgIpc) is 3.09. The number of aliphatic hydroxyl groups excluding tert-OH is 1. The van der Waals surface area contributed by atoms with Crippen molar-refractivity contribution < 1.29 is 24.2 Å². The zero-order valence-corrected chi connectivity index (χ0v) is 18.4. The van der Waals surface area contributed by atoms with Gasteiger partial charge in [0.15, 0.2) is 0 Å². The Hall–Kier alpha value is -4.13. The molecule has 168 valence electrons. The molecule has 7 heteroatoms. The first-order chi connectivity index (χ1) is 16.0. The molecular weight excluding hydrogens is 420 g/mol. The minimum absolute atomic E-state index is 0.0351. The fourth-order valence-electron chi connectivity index (χ4n) is 3.92. The van der Waals surface area contributed by atoms with Crippen LogP contribution in [0.3, 0.4) is 0 Å². The average molecular weight is 444 g/mol. The molecule has 1 aliphatic rings. The van der Waals surface area contributed by atoms with Crippen LogP contribution < -0.4 is 9.47 Å². The lowest BCUT2D eigenvalue weighted by molar-refractivity contribution is -0.140. The molecule has 4 rings (SSSR count). The monoisotopic (exact) mass is 444 g/mol. The standard InChI is InChI=1S/C26H24N2O5/c1-3-33-21-6-4-5-19(15-21)24(29)22-23(18-7-9-20(32-2)10-8-18)28(26(31)25(22)30)16-17-11-13-27-14-12-17/h4-15,23,29H,3,16H2,1-2H3/b24-22-. The zero-order valence-electron chi connectivity index (χ0n) is 18.4. The number of rotatable bonds is 7. The predicted octanol–water partition coefficient (Wildman–Crippen LogP) is 4.11. The molecule has 1 aromatic heterocycles. The van der Waals surface area contributed by atoms with Crippen molar-refractivity contribution in [1.29, 1.82) is 0 Å². The first-order valence-corrected chi connectivity index (χ1v) is 10.6. The van der Waals surface area contributed by atoms with E-state index in [2.05, 4.69) is 4.98 Å². The van der Waals surface area contributed by atoms with Gasteiger partial charge < -0.3 is 19.5 Å². The van der Waals surface area contributed by atoms with E-state index >= 15 is 0 Å². The summed E-state index contributed by atoms with van der Waals surface area (Å²) in [6.07, 6.45) is 3.26. The molecule has 1 fully saturated rings. The van der Waals surface area contributed by atoms with Crippen LogP contribution in [0.4, 0.5) is 0 Å². The summed E-state index contributed by atoms with van der Waals surface area (Å²) >= 11 is 0. The number of nitrogens with zero attached hydrogens (tertiary/aromatic N) is 2. The number of likely N-dealkylation sites (tertiary alicyclic amines) is 1.